The third-order valence-electron chi connectivity index (χ3n) is 4.15. The number of ether oxygens (including phenoxy) is 1. The number of aromatic nitrogens is 4. The number of rotatable bonds is 4. The smallest absolute Gasteiger partial charge is 0.214 e. The second kappa shape index (κ2) is 6.65. The average Bonchev–Trinajstić information content (AvgIpc) is 3.15. The first-order valence-corrected chi connectivity index (χ1v) is 8.11. The number of nitriles is 1. The van der Waals surface area contributed by atoms with E-state index in [1.165, 1.54) is 11.8 Å². The van der Waals surface area contributed by atoms with Gasteiger partial charge in [-0.15, -0.1) is 0 Å². The molecule has 25 heavy (non-hydrogen) atoms. The minimum atomic E-state index is 0.303. The van der Waals surface area contributed by atoms with Crippen LogP contribution in [0.4, 0.5) is 0 Å². The predicted octanol–water partition coefficient (Wildman–Crippen LogP) is 2.87. The average molecular weight is 329 g/mol. The van der Waals surface area contributed by atoms with Gasteiger partial charge in [0.2, 0.25) is 5.88 Å². The van der Waals surface area contributed by atoms with E-state index in [1.807, 2.05) is 30.3 Å². The van der Waals surface area contributed by atoms with E-state index in [4.69, 9.17) is 10.00 Å². The molecule has 1 aliphatic carbocycles. The van der Waals surface area contributed by atoms with Gasteiger partial charge >= 0.3 is 0 Å². The fourth-order valence-electron chi connectivity index (χ4n) is 3.00. The SMILES string of the molecule is N#Cc1cncc(-c2cc(OCc3ccccn3)nc3c2CCC3)n1. The molecule has 1 aliphatic rings. The van der Waals surface area contributed by atoms with Crippen molar-refractivity contribution in [3.8, 4) is 23.2 Å². The summed E-state index contributed by atoms with van der Waals surface area (Å²) in [6, 6.07) is 9.64. The van der Waals surface area contributed by atoms with Crippen LogP contribution in [-0.2, 0) is 19.4 Å². The van der Waals surface area contributed by atoms with E-state index in [2.05, 4.69) is 19.9 Å². The summed E-state index contributed by atoms with van der Waals surface area (Å²) in [5.41, 5.74) is 4.99. The molecule has 3 aromatic heterocycles. The normalized spacial score (nSPS) is 12.4. The maximum absolute atomic E-state index is 9.07. The third kappa shape index (κ3) is 3.17. The first-order chi connectivity index (χ1) is 12.3. The molecule has 0 fully saturated rings. The Balaban J connectivity index is 1.69. The third-order valence-corrected chi connectivity index (χ3v) is 4.15. The number of nitrogens with zero attached hydrogens (tertiary/aromatic N) is 5. The van der Waals surface area contributed by atoms with Crippen molar-refractivity contribution in [1.82, 2.24) is 19.9 Å². The molecule has 0 saturated carbocycles. The lowest BCUT2D eigenvalue weighted by atomic mass is 10.0. The molecule has 0 atom stereocenters. The molecule has 0 aromatic carbocycles. The molecule has 0 radical (unpaired) electrons. The van der Waals surface area contributed by atoms with Gasteiger partial charge < -0.3 is 4.74 Å². The van der Waals surface area contributed by atoms with Crippen LogP contribution in [0.15, 0.2) is 42.9 Å². The maximum atomic E-state index is 9.07. The van der Waals surface area contributed by atoms with Crippen molar-refractivity contribution in [2.45, 2.75) is 25.9 Å². The monoisotopic (exact) mass is 329 g/mol. The van der Waals surface area contributed by atoms with Gasteiger partial charge in [0, 0.05) is 23.5 Å². The summed E-state index contributed by atoms with van der Waals surface area (Å²) in [6.07, 6.45) is 7.82. The van der Waals surface area contributed by atoms with Gasteiger partial charge in [0.15, 0.2) is 5.69 Å². The largest absolute Gasteiger partial charge is 0.471 e. The Morgan fingerprint density at radius 1 is 1.16 bits per heavy atom. The van der Waals surface area contributed by atoms with Gasteiger partial charge in [0.05, 0.1) is 23.8 Å². The summed E-state index contributed by atoms with van der Waals surface area (Å²) < 4.78 is 5.85. The van der Waals surface area contributed by atoms with Crippen LogP contribution in [0.5, 0.6) is 5.88 Å². The zero-order valence-electron chi connectivity index (χ0n) is 13.5. The molecule has 0 N–H and O–H groups in total. The number of hydrogen-bond donors (Lipinski definition) is 0. The summed E-state index contributed by atoms with van der Waals surface area (Å²) in [5, 5.41) is 9.07. The first-order valence-electron chi connectivity index (χ1n) is 8.11. The van der Waals surface area contributed by atoms with E-state index in [0.717, 1.165) is 36.2 Å². The summed E-state index contributed by atoms with van der Waals surface area (Å²) >= 11 is 0. The van der Waals surface area contributed by atoms with Crippen molar-refractivity contribution in [1.29, 1.82) is 5.26 Å². The Hall–Kier alpha value is -3.33. The molecule has 122 valence electrons. The van der Waals surface area contributed by atoms with Gasteiger partial charge in [-0.3, -0.25) is 9.97 Å². The highest BCUT2D eigenvalue weighted by molar-refractivity contribution is 5.66. The van der Waals surface area contributed by atoms with Crippen LogP contribution in [0.3, 0.4) is 0 Å². The topological polar surface area (TPSA) is 84.6 Å². The highest BCUT2D eigenvalue weighted by atomic mass is 16.5. The van der Waals surface area contributed by atoms with Crippen molar-refractivity contribution in [3.63, 3.8) is 0 Å². The minimum absolute atomic E-state index is 0.303. The molecule has 6 heteroatoms. The fourth-order valence-corrected chi connectivity index (χ4v) is 3.00. The Bertz CT molecular complexity index is 950. The molecule has 3 aromatic rings. The molecule has 0 unspecified atom stereocenters. The lowest BCUT2D eigenvalue weighted by Crippen LogP contribution is -2.03. The second-order valence-electron chi connectivity index (χ2n) is 5.80. The second-order valence-corrected chi connectivity index (χ2v) is 5.80. The summed E-state index contributed by atoms with van der Waals surface area (Å²) in [6.45, 7) is 0.357. The van der Waals surface area contributed by atoms with E-state index < -0.39 is 0 Å². The highest BCUT2D eigenvalue weighted by Gasteiger charge is 2.20. The van der Waals surface area contributed by atoms with Gasteiger partial charge in [-0.05, 0) is 37.0 Å². The van der Waals surface area contributed by atoms with Crippen LogP contribution >= 0.6 is 0 Å². The van der Waals surface area contributed by atoms with Crippen LogP contribution < -0.4 is 4.74 Å². The molecule has 0 bridgehead atoms. The van der Waals surface area contributed by atoms with Gasteiger partial charge in [-0.2, -0.15) is 5.26 Å². The molecule has 0 saturated heterocycles. The van der Waals surface area contributed by atoms with E-state index in [0.29, 0.717) is 23.9 Å². The zero-order chi connectivity index (χ0) is 17.1. The van der Waals surface area contributed by atoms with Gasteiger partial charge in [-0.1, -0.05) is 6.07 Å². The van der Waals surface area contributed by atoms with E-state index in [-0.39, 0.29) is 0 Å². The number of pyridine rings is 2. The van der Waals surface area contributed by atoms with Crippen LogP contribution in [0.25, 0.3) is 11.3 Å². The molecule has 4 rings (SSSR count). The Morgan fingerprint density at radius 2 is 2.12 bits per heavy atom. The molecular weight excluding hydrogens is 314 g/mol. The summed E-state index contributed by atoms with van der Waals surface area (Å²) in [5.74, 6) is 0.547. The Labute approximate surface area is 145 Å². The fraction of sp³-hybridized carbons (Fsp3) is 0.211. The van der Waals surface area contributed by atoms with Gasteiger partial charge in [0.25, 0.3) is 0 Å². The zero-order valence-corrected chi connectivity index (χ0v) is 13.5. The lowest BCUT2D eigenvalue weighted by molar-refractivity contribution is 0.288. The number of aryl methyl sites for hydroxylation is 1. The summed E-state index contributed by atoms with van der Waals surface area (Å²) in [4.78, 5) is 17.4. The van der Waals surface area contributed by atoms with Crippen molar-refractivity contribution >= 4 is 0 Å². The summed E-state index contributed by atoms with van der Waals surface area (Å²) in [7, 11) is 0. The molecule has 0 aliphatic heterocycles. The van der Waals surface area contributed by atoms with Crippen molar-refractivity contribution in [2.75, 3.05) is 0 Å². The van der Waals surface area contributed by atoms with Crippen molar-refractivity contribution < 1.29 is 4.74 Å². The van der Waals surface area contributed by atoms with Crippen molar-refractivity contribution in [3.05, 3.63) is 65.5 Å². The highest BCUT2D eigenvalue weighted by Crippen LogP contribution is 2.33. The molecule has 3 heterocycles. The first kappa shape index (κ1) is 15.2. The Kier molecular flexibility index (Phi) is 4.05. The predicted molar refractivity (Wildman–Crippen MR) is 90.6 cm³/mol. The van der Waals surface area contributed by atoms with E-state index in [9.17, 15) is 0 Å². The molecule has 6 nitrogen and oxygen atoms in total. The molecule has 0 amide bonds. The van der Waals surface area contributed by atoms with Crippen molar-refractivity contribution in [2.24, 2.45) is 0 Å². The van der Waals surface area contributed by atoms with Crippen LogP contribution in [0.1, 0.15) is 29.1 Å². The standard InChI is InChI=1S/C19H15N5O/c20-9-14-10-21-11-18(23-14)16-8-19(24-17-6-3-5-15(16)17)25-12-13-4-1-2-7-22-13/h1-2,4,7-8,10-11H,3,5-6,12H2. The van der Waals surface area contributed by atoms with E-state index >= 15 is 0 Å². The number of hydrogen-bond acceptors (Lipinski definition) is 6. The Morgan fingerprint density at radius 3 is 2.96 bits per heavy atom. The van der Waals surface area contributed by atoms with Crippen LogP contribution in [0.2, 0.25) is 0 Å². The van der Waals surface area contributed by atoms with Crippen LogP contribution in [-0.4, -0.2) is 19.9 Å². The van der Waals surface area contributed by atoms with Gasteiger partial charge in [0.1, 0.15) is 12.7 Å². The maximum Gasteiger partial charge on any atom is 0.214 e. The lowest BCUT2D eigenvalue weighted by Gasteiger charge is -2.11. The minimum Gasteiger partial charge on any atom is -0.471 e. The van der Waals surface area contributed by atoms with Gasteiger partial charge in [-0.25, -0.2) is 9.97 Å². The van der Waals surface area contributed by atoms with Crippen LogP contribution in [0, 0.1) is 11.3 Å². The van der Waals surface area contributed by atoms with E-state index in [1.54, 1.807) is 12.4 Å². The molecule has 0 spiro atoms. The number of fused-ring (bicyclic) bond motifs is 1. The quantitative estimate of drug-likeness (QED) is 0.732. The molecular formula is C19H15N5O.